The van der Waals surface area contributed by atoms with Crippen LogP contribution in [0, 0.1) is 6.92 Å². The summed E-state index contributed by atoms with van der Waals surface area (Å²) in [7, 11) is 1.60. The number of hydrogen-bond donors (Lipinski definition) is 2. The molecule has 3 rings (SSSR count). The van der Waals surface area contributed by atoms with Crippen molar-refractivity contribution < 1.29 is 9.53 Å². The van der Waals surface area contributed by atoms with E-state index in [9.17, 15) is 14.4 Å². The topological polar surface area (TPSA) is 107 Å². The number of H-pyrrole nitrogens is 1. The van der Waals surface area contributed by atoms with Crippen LogP contribution in [0.1, 0.15) is 12.0 Å². The second kappa shape index (κ2) is 6.56. The molecule has 7 nitrogen and oxygen atoms in total. The maximum absolute atomic E-state index is 12.8. The Morgan fingerprint density at radius 3 is 2.76 bits per heavy atom. The van der Waals surface area contributed by atoms with Crippen molar-refractivity contribution in [2.75, 3.05) is 7.11 Å². The Labute approximate surface area is 146 Å². The molecule has 25 heavy (non-hydrogen) atoms. The van der Waals surface area contributed by atoms with E-state index in [0.717, 1.165) is 27.0 Å². The normalized spacial score (nSPS) is 11.0. The van der Waals surface area contributed by atoms with Crippen molar-refractivity contribution in [1.82, 2.24) is 9.55 Å². The number of aromatic nitrogens is 2. The molecule has 0 spiro atoms. The summed E-state index contributed by atoms with van der Waals surface area (Å²) >= 11 is 1.29. The number of carbonyl (C=O) groups is 1. The van der Waals surface area contributed by atoms with Crippen LogP contribution < -0.4 is 21.7 Å². The summed E-state index contributed by atoms with van der Waals surface area (Å²) in [5.74, 6) is 0.193. The quantitative estimate of drug-likeness (QED) is 0.721. The first-order chi connectivity index (χ1) is 11.9. The number of primary amides is 1. The Bertz CT molecular complexity index is 1080. The zero-order valence-electron chi connectivity index (χ0n) is 13.8. The molecule has 2 heterocycles. The first-order valence-electron chi connectivity index (χ1n) is 7.60. The molecule has 1 aromatic carbocycles. The minimum atomic E-state index is -0.567. The number of methoxy groups -OCH3 is 1. The SMILES string of the molecule is COc1ccc(-c2csc3[nH]c(=O)n(CCC(N)=O)c(=O)c23)cc1C. The summed E-state index contributed by atoms with van der Waals surface area (Å²) in [6.45, 7) is 1.88. The summed E-state index contributed by atoms with van der Waals surface area (Å²) in [5, 5.41) is 2.26. The molecule has 130 valence electrons. The predicted molar refractivity (Wildman–Crippen MR) is 97.2 cm³/mol. The van der Waals surface area contributed by atoms with E-state index in [4.69, 9.17) is 10.5 Å². The van der Waals surface area contributed by atoms with Gasteiger partial charge in [0, 0.05) is 23.9 Å². The third-order valence-corrected chi connectivity index (χ3v) is 4.90. The fraction of sp³-hybridized carbons (Fsp3) is 0.235. The maximum atomic E-state index is 12.8. The molecule has 0 fully saturated rings. The molecule has 2 aromatic heterocycles. The molecule has 0 aliphatic carbocycles. The highest BCUT2D eigenvalue weighted by Crippen LogP contribution is 2.32. The minimum Gasteiger partial charge on any atom is -0.496 e. The first kappa shape index (κ1) is 17.0. The Balaban J connectivity index is 2.19. The standard InChI is InChI=1S/C17H17N3O4S/c1-9-7-10(3-4-12(9)24-2)11-8-25-15-14(11)16(22)20(17(23)19-15)6-5-13(18)21/h3-4,7-8H,5-6H2,1-2H3,(H2,18,21)(H,19,23). The van der Waals surface area contributed by atoms with Gasteiger partial charge in [-0.15, -0.1) is 11.3 Å². The summed E-state index contributed by atoms with van der Waals surface area (Å²) in [4.78, 5) is 39.1. The van der Waals surface area contributed by atoms with Crippen molar-refractivity contribution in [3.8, 4) is 16.9 Å². The van der Waals surface area contributed by atoms with E-state index in [1.54, 1.807) is 7.11 Å². The number of nitrogens with two attached hydrogens (primary N) is 1. The number of carbonyl (C=O) groups excluding carboxylic acids is 1. The van der Waals surface area contributed by atoms with Crippen LogP contribution in [0.2, 0.25) is 0 Å². The molecule has 0 unspecified atom stereocenters. The van der Waals surface area contributed by atoms with Gasteiger partial charge in [-0.3, -0.25) is 19.1 Å². The van der Waals surface area contributed by atoms with E-state index < -0.39 is 17.2 Å². The van der Waals surface area contributed by atoms with Crippen LogP contribution in [-0.4, -0.2) is 22.6 Å². The van der Waals surface area contributed by atoms with Crippen LogP contribution in [0.5, 0.6) is 5.75 Å². The number of amides is 1. The zero-order chi connectivity index (χ0) is 18.1. The van der Waals surface area contributed by atoms with Gasteiger partial charge in [0.2, 0.25) is 5.91 Å². The summed E-state index contributed by atoms with van der Waals surface area (Å²) in [6.07, 6.45) is -0.0738. The lowest BCUT2D eigenvalue weighted by molar-refractivity contribution is -0.118. The number of ether oxygens (including phenoxy) is 1. The first-order valence-corrected chi connectivity index (χ1v) is 8.48. The largest absolute Gasteiger partial charge is 0.496 e. The fourth-order valence-electron chi connectivity index (χ4n) is 2.74. The van der Waals surface area contributed by atoms with Gasteiger partial charge < -0.3 is 10.5 Å². The smallest absolute Gasteiger partial charge is 0.329 e. The van der Waals surface area contributed by atoms with Gasteiger partial charge >= 0.3 is 5.69 Å². The number of fused-ring (bicyclic) bond motifs is 1. The molecule has 3 N–H and O–H groups in total. The van der Waals surface area contributed by atoms with Gasteiger partial charge in [0.05, 0.1) is 12.5 Å². The van der Waals surface area contributed by atoms with E-state index >= 15 is 0 Å². The molecule has 0 saturated carbocycles. The Morgan fingerprint density at radius 1 is 1.36 bits per heavy atom. The molecule has 0 radical (unpaired) electrons. The number of rotatable bonds is 5. The Hall–Kier alpha value is -2.87. The zero-order valence-corrected chi connectivity index (χ0v) is 14.6. The predicted octanol–water partition coefficient (Wildman–Crippen LogP) is 1.61. The second-order valence-electron chi connectivity index (χ2n) is 5.64. The maximum Gasteiger partial charge on any atom is 0.329 e. The van der Waals surface area contributed by atoms with Gasteiger partial charge in [-0.25, -0.2) is 4.79 Å². The molecule has 1 amide bonds. The van der Waals surface area contributed by atoms with E-state index in [2.05, 4.69) is 4.98 Å². The van der Waals surface area contributed by atoms with Gasteiger partial charge in [0.15, 0.2) is 0 Å². The van der Waals surface area contributed by atoms with Crippen LogP contribution in [0.3, 0.4) is 0 Å². The number of benzene rings is 1. The van der Waals surface area contributed by atoms with Crippen molar-refractivity contribution in [1.29, 1.82) is 0 Å². The van der Waals surface area contributed by atoms with Crippen LogP contribution >= 0.6 is 11.3 Å². The lowest BCUT2D eigenvalue weighted by Crippen LogP contribution is -2.36. The van der Waals surface area contributed by atoms with Crippen molar-refractivity contribution in [2.45, 2.75) is 19.9 Å². The van der Waals surface area contributed by atoms with Gasteiger partial charge in [-0.1, -0.05) is 6.07 Å². The van der Waals surface area contributed by atoms with Crippen LogP contribution in [-0.2, 0) is 11.3 Å². The van der Waals surface area contributed by atoms with Gasteiger partial charge in [-0.05, 0) is 30.2 Å². The molecular formula is C17H17N3O4S. The van der Waals surface area contributed by atoms with E-state index in [0.29, 0.717) is 10.2 Å². The lowest BCUT2D eigenvalue weighted by Gasteiger charge is -2.08. The van der Waals surface area contributed by atoms with Crippen LogP contribution in [0.25, 0.3) is 21.3 Å². The Kier molecular flexibility index (Phi) is 4.45. The molecular weight excluding hydrogens is 342 g/mol. The molecule has 3 aromatic rings. The highest BCUT2D eigenvalue weighted by Gasteiger charge is 2.16. The number of nitrogens with zero attached hydrogens (tertiary/aromatic N) is 1. The second-order valence-corrected chi connectivity index (χ2v) is 6.52. The average Bonchev–Trinajstić information content (AvgIpc) is 2.98. The number of nitrogens with one attached hydrogen (secondary N) is 1. The third kappa shape index (κ3) is 3.08. The Morgan fingerprint density at radius 2 is 2.12 bits per heavy atom. The lowest BCUT2D eigenvalue weighted by atomic mass is 10.0. The summed E-state index contributed by atoms with van der Waals surface area (Å²) in [5.41, 5.74) is 6.69. The number of hydrogen-bond acceptors (Lipinski definition) is 5. The van der Waals surface area contributed by atoms with E-state index in [1.165, 1.54) is 11.3 Å². The molecule has 0 aliphatic heterocycles. The van der Waals surface area contributed by atoms with E-state index in [1.807, 2.05) is 30.5 Å². The van der Waals surface area contributed by atoms with Gasteiger partial charge in [-0.2, -0.15) is 0 Å². The molecule has 8 heteroatoms. The van der Waals surface area contributed by atoms with Gasteiger partial charge in [0.25, 0.3) is 5.56 Å². The van der Waals surface area contributed by atoms with Crippen LogP contribution in [0.4, 0.5) is 0 Å². The van der Waals surface area contributed by atoms with Gasteiger partial charge in [0.1, 0.15) is 10.6 Å². The minimum absolute atomic E-state index is 0.0453. The monoisotopic (exact) mass is 359 g/mol. The van der Waals surface area contributed by atoms with Crippen molar-refractivity contribution in [2.24, 2.45) is 5.73 Å². The van der Waals surface area contributed by atoms with Crippen molar-refractivity contribution in [3.05, 3.63) is 50.0 Å². The molecule has 0 atom stereocenters. The fourth-order valence-corrected chi connectivity index (χ4v) is 3.69. The highest BCUT2D eigenvalue weighted by atomic mass is 32.1. The molecule has 0 aliphatic rings. The van der Waals surface area contributed by atoms with Crippen LogP contribution in [0.15, 0.2) is 33.2 Å². The number of thiophene rings is 1. The number of aromatic amines is 1. The highest BCUT2D eigenvalue weighted by molar-refractivity contribution is 7.17. The third-order valence-electron chi connectivity index (χ3n) is 4.00. The summed E-state index contributed by atoms with van der Waals surface area (Å²) < 4.78 is 6.28. The van der Waals surface area contributed by atoms with Crippen molar-refractivity contribution >= 4 is 27.5 Å². The van der Waals surface area contributed by atoms with Crippen molar-refractivity contribution in [3.63, 3.8) is 0 Å². The average molecular weight is 359 g/mol. The molecule has 0 saturated heterocycles. The number of aryl methyl sites for hydroxylation is 1. The summed E-state index contributed by atoms with van der Waals surface area (Å²) in [6, 6.07) is 5.63. The molecule has 0 bridgehead atoms. The van der Waals surface area contributed by atoms with E-state index in [-0.39, 0.29) is 13.0 Å².